The number of rotatable bonds is 3. The van der Waals surface area contributed by atoms with Crippen LogP contribution in [0.1, 0.15) is 26.5 Å². The smallest absolute Gasteiger partial charge is 0.444 e. The summed E-state index contributed by atoms with van der Waals surface area (Å²) in [7, 11) is 0. The zero-order chi connectivity index (χ0) is 22.1. The van der Waals surface area contributed by atoms with Crippen molar-refractivity contribution in [1.29, 1.82) is 0 Å². The second kappa shape index (κ2) is 8.08. The van der Waals surface area contributed by atoms with Crippen LogP contribution in [0.4, 0.5) is 23.8 Å². The first kappa shape index (κ1) is 21.8. The van der Waals surface area contributed by atoms with Gasteiger partial charge in [0.1, 0.15) is 11.4 Å². The van der Waals surface area contributed by atoms with Gasteiger partial charge in [0.2, 0.25) is 0 Å². The van der Waals surface area contributed by atoms with E-state index in [9.17, 15) is 18.0 Å². The highest BCUT2D eigenvalue weighted by atomic mass is 19.4. The number of aromatic nitrogens is 2. The Morgan fingerprint density at radius 1 is 1.07 bits per heavy atom. The van der Waals surface area contributed by atoms with Gasteiger partial charge in [-0.1, -0.05) is 6.07 Å². The molecular weight excluding hydrogens is 401 g/mol. The average Bonchev–Trinajstić information content (AvgIpc) is 3.01. The standard InChI is InChI=1S/C20H25F3N4O3/c1-14-12-17(25-8-10-26(11-9-25)18(28)30-19(2,3)4)24-27(14)15-6-5-7-16(13-15)29-20(21,22)23/h5-7,12-13H,8-11H2,1-4H3. The maximum atomic E-state index is 12.5. The molecule has 0 saturated carbocycles. The maximum Gasteiger partial charge on any atom is 0.573 e. The molecule has 0 radical (unpaired) electrons. The molecule has 0 N–H and O–H groups in total. The van der Waals surface area contributed by atoms with Crippen LogP contribution in [-0.2, 0) is 4.74 Å². The quantitative estimate of drug-likeness (QED) is 0.739. The van der Waals surface area contributed by atoms with Crippen LogP contribution in [0.15, 0.2) is 30.3 Å². The molecule has 7 nitrogen and oxygen atoms in total. The molecular formula is C20H25F3N4O3. The van der Waals surface area contributed by atoms with Crippen LogP contribution in [0.3, 0.4) is 0 Å². The Kier molecular flexibility index (Phi) is 5.87. The van der Waals surface area contributed by atoms with E-state index in [0.29, 0.717) is 37.7 Å². The SMILES string of the molecule is Cc1cc(N2CCN(C(=O)OC(C)(C)C)CC2)nn1-c1cccc(OC(F)(F)F)c1. The van der Waals surface area contributed by atoms with Crippen LogP contribution in [0.25, 0.3) is 5.69 Å². The zero-order valence-corrected chi connectivity index (χ0v) is 17.4. The van der Waals surface area contributed by atoms with Crippen LogP contribution in [0.5, 0.6) is 5.75 Å². The first-order valence-corrected chi connectivity index (χ1v) is 9.57. The molecule has 30 heavy (non-hydrogen) atoms. The number of aryl methyl sites for hydroxylation is 1. The summed E-state index contributed by atoms with van der Waals surface area (Å²) in [5.74, 6) is 0.390. The largest absolute Gasteiger partial charge is 0.573 e. The minimum absolute atomic E-state index is 0.303. The highest BCUT2D eigenvalue weighted by Gasteiger charge is 2.31. The first-order chi connectivity index (χ1) is 13.9. The molecule has 164 valence electrons. The summed E-state index contributed by atoms with van der Waals surface area (Å²) in [6.45, 7) is 9.44. The average molecular weight is 426 g/mol. The van der Waals surface area contributed by atoms with Gasteiger partial charge in [0.05, 0.1) is 5.69 Å². The van der Waals surface area contributed by atoms with E-state index < -0.39 is 12.0 Å². The number of amides is 1. The van der Waals surface area contributed by atoms with E-state index in [4.69, 9.17) is 4.74 Å². The van der Waals surface area contributed by atoms with E-state index in [1.165, 1.54) is 18.2 Å². The second-order valence-electron chi connectivity index (χ2n) is 8.06. The van der Waals surface area contributed by atoms with Gasteiger partial charge in [-0.2, -0.15) is 5.10 Å². The van der Waals surface area contributed by atoms with Crippen molar-refractivity contribution in [2.24, 2.45) is 0 Å². The molecule has 1 fully saturated rings. The Balaban J connectivity index is 1.69. The number of ether oxygens (including phenoxy) is 2. The number of hydrogen-bond donors (Lipinski definition) is 0. The fraction of sp³-hybridized carbons (Fsp3) is 0.500. The number of carbonyl (C=O) groups is 1. The number of halogens is 3. The number of alkyl halides is 3. The van der Waals surface area contributed by atoms with Crippen molar-refractivity contribution in [3.05, 3.63) is 36.0 Å². The van der Waals surface area contributed by atoms with E-state index in [1.54, 1.807) is 15.6 Å². The van der Waals surface area contributed by atoms with Crippen LogP contribution in [0, 0.1) is 6.92 Å². The monoisotopic (exact) mass is 426 g/mol. The molecule has 1 aromatic heterocycles. The van der Waals surface area contributed by atoms with Crippen LogP contribution in [0.2, 0.25) is 0 Å². The molecule has 0 unspecified atom stereocenters. The topological polar surface area (TPSA) is 59.8 Å². The predicted molar refractivity (Wildman–Crippen MR) is 105 cm³/mol. The van der Waals surface area contributed by atoms with E-state index in [2.05, 4.69) is 9.84 Å². The summed E-state index contributed by atoms with van der Waals surface area (Å²) < 4.78 is 48.4. The van der Waals surface area contributed by atoms with Crippen molar-refractivity contribution in [3.63, 3.8) is 0 Å². The number of anilines is 1. The fourth-order valence-electron chi connectivity index (χ4n) is 3.13. The van der Waals surface area contributed by atoms with E-state index in [-0.39, 0.29) is 11.8 Å². The van der Waals surface area contributed by atoms with E-state index in [0.717, 1.165) is 5.69 Å². The van der Waals surface area contributed by atoms with Crippen molar-refractivity contribution in [2.45, 2.75) is 39.7 Å². The summed E-state index contributed by atoms with van der Waals surface area (Å²) in [6.07, 6.45) is -5.10. The van der Waals surface area contributed by atoms with Gasteiger partial charge in [-0.05, 0) is 39.8 Å². The summed E-state index contributed by atoms with van der Waals surface area (Å²) in [4.78, 5) is 15.9. The maximum absolute atomic E-state index is 12.5. The Morgan fingerprint density at radius 2 is 1.73 bits per heavy atom. The summed E-state index contributed by atoms with van der Waals surface area (Å²) >= 11 is 0. The van der Waals surface area contributed by atoms with Crippen LogP contribution in [-0.4, -0.2) is 58.9 Å². The van der Waals surface area contributed by atoms with Crippen molar-refractivity contribution in [3.8, 4) is 11.4 Å². The molecule has 1 aromatic carbocycles. The first-order valence-electron chi connectivity index (χ1n) is 9.57. The molecule has 10 heteroatoms. The predicted octanol–water partition coefficient (Wildman–Crippen LogP) is 4.14. The van der Waals surface area contributed by atoms with Gasteiger partial charge < -0.3 is 19.3 Å². The van der Waals surface area contributed by atoms with E-state index >= 15 is 0 Å². The van der Waals surface area contributed by atoms with Crippen molar-refractivity contribution in [2.75, 3.05) is 31.1 Å². The molecule has 1 aliphatic rings. The normalized spacial score (nSPS) is 15.3. The Hall–Kier alpha value is -2.91. The third kappa shape index (κ3) is 5.58. The number of hydrogen-bond acceptors (Lipinski definition) is 5. The molecule has 0 aliphatic carbocycles. The van der Waals surface area contributed by atoms with Gasteiger partial charge in [-0.25, -0.2) is 9.48 Å². The van der Waals surface area contributed by atoms with Crippen molar-refractivity contribution < 1.29 is 27.4 Å². The molecule has 2 aromatic rings. The summed E-state index contributed by atoms with van der Waals surface area (Å²) in [6, 6.07) is 7.54. The number of nitrogens with zero attached hydrogens (tertiary/aromatic N) is 4. The highest BCUT2D eigenvalue weighted by Crippen LogP contribution is 2.26. The zero-order valence-electron chi connectivity index (χ0n) is 17.4. The third-order valence-electron chi connectivity index (χ3n) is 4.43. The van der Waals surface area contributed by atoms with Gasteiger partial charge in [-0.15, -0.1) is 13.2 Å². The van der Waals surface area contributed by atoms with Crippen molar-refractivity contribution in [1.82, 2.24) is 14.7 Å². The third-order valence-corrected chi connectivity index (χ3v) is 4.43. The summed E-state index contributed by atoms with van der Waals surface area (Å²) in [5, 5.41) is 4.54. The number of piperazine rings is 1. The minimum Gasteiger partial charge on any atom is -0.444 e. The summed E-state index contributed by atoms with van der Waals surface area (Å²) in [5.41, 5.74) is 0.686. The lowest BCUT2D eigenvalue weighted by atomic mass is 10.2. The van der Waals surface area contributed by atoms with Crippen LogP contribution >= 0.6 is 0 Å². The molecule has 3 rings (SSSR count). The molecule has 1 saturated heterocycles. The lowest BCUT2D eigenvalue weighted by Gasteiger charge is -2.35. The van der Waals surface area contributed by atoms with Gasteiger partial charge in [0, 0.05) is 44.0 Å². The molecule has 1 aliphatic heterocycles. The lowest BCUT2D eigenvalue weighted by Crippen LogP contribution is -2.50. The van der Waals surface area contributed by atoms with Crippen molar-refractivity contribution >= 4 is 11.9 Å². The molecule has 2 heterocycles. The Labute approximate surface area is 173 Å². The molecule has 0 spiro atoms. The second-order valence-corrected chi connectivity index (χ2v) is 8.06. The van der Waals surface area contributed by atoms with Crippen LogP contribution < -0.4 is 9.64 Å². The lowest BCUT2D eigenvalue weighted by molar-refractivity contribution is -0.274. The number of benzene rings is 1. The van der Waals surface area contributed by atoms with E-state index in [1.807, 2.05) is 38.7 Å². The highest BCUT2D eigenvalue weighted by molar-refractivity contribution is 5.68. The van der Waals surface area contributed by atoms with Gasteiger partial charge in [-0.3, -0.25) is 0 Å². The molecule has 0 bridgehead atoms. The molecule has 0 atom stereocenters. The van der Waals surface area contributed by atoms with Gasteiger partial charge in [0.15, 0.2) is 5.82 Å². The number of carbonyl (C=O) groups excluding carboxylic acids is 1. The Morgan fingerprint density at radius 3 is 2.33 bits per heavy atom. The van der Waals surface area contributed by atoms with Gasteiger partial charge in [0.25, 0.3) is 0 Å². The van der Waals surface area contributed by atoms with Gasteiger partial charge >= 0.3 is 12.5 Å². The minimum atomic E-state index is -4.75. The molecule has 1 amide bonds. The fourth-order valence-corrected chi connectivity index (χ4v) is 3.13. The Bertz CT molecular complexity index is 897.